The molecule has 0 saturated carbocycles. The average Bonchev–Trinajstić information content (AvgIpc) is 3.79. The zero-order chi connectivity index (χ0) is 42.3. The van der Waals surface area contributed by atoms with Crippen LogP contribution in [0, 0.1) is 11.7 Å². The number of benzene rings is 2. The smallest absolute Gasteiger partial charge is 0.343 e. The second-order valence-electron chi connectivity index (χ2n) is 15.3. The minimum absolute atomic E-state index is 0.0196. The number of aliphatic hydroxyl groups is 1. The van der Waals surface area contributed by atoms with Crippen molar-refractivity contribution in [2.75, 3.05) is 18.2 Å². The average molecular weight is 847 g/mol. The van der Waals surface area contributed by atoms with E-state index in [9.17, 15) is 37.5 Å². The number of fused-ring (bicyclic) bond motifs is 6. The predicted molar refractivity (Wildman–Crippen MR) is 213 cm³/mol. The summed E-state index contributed by atoms with van der Waals surface area (Å²) >= 11 is 0.996. The summed E-state index contributed by atoms with van der Waals surface area (Å²) in [5.74, 6) is -3.94. The van der Waals surface area contributed by atoms with E-state index in [1.54, 1.807) is 45.0 Å². The van der Waals surface area contributed by atoms with E-state index in [1.165, 1.54) is 11.5 Å². The molecular weight excluding hydrogens is 808 g/mol. The molecule has 0 bridgehead atoms. The largest absolute Gasteiger partial charge is 0.490 e. The topological polar surface area (TPSA) is 225 Å². The van der Waals surface area contributed by atoms with E-state index in [0.717, 1.165) is 29.2 Å². The Hall–Kier alpha value is -5.79. The molecule has 0 saturated heterocycles. The molecule has 8 rings (SSSR count). The number of sulfone groups is 1. The normalized spacial score (nSPS) is 17.7. The van der Waals surface area contributed by atoms with Gasteiger partial charge in [-0.2, -0.15) is 0 Å². The molecule has 3 aromatic heterocycles. The Morgan fingerprint density at radius 2 is 1.78 bits per heavy atom. The Labute approximate surface area is 340 Å². The number of thiazole rings is 1. The first kappa shape index (κ1) is 40.0. The number of cyclic esters (lactones) is 1. The molecule has 0 spiro atoms. The Bertz CT molecular complexity index is 2860. The molecule has 3 atom stereocenters. The van der Waals surface area contributed by atoms with Gasteiger partial charge in [-0.1, -0.05) is 26.8 Å². The fraction of sp³-hybridized carbons (Fsp3) is 0.375. The highest BCUT2D eigenvalue weighted by atomic mass is 32.2. The summed E-state index contributed by atoms with van der Waals surface area (Å²) in [7, 11) is -3.50. The minimum atomic E-state index is -3.50. The number of nitrogens with zero attached hydrogens (tertiary/aromatic N) is 3. The van der Waals surface area contributed by atoms with Gasteiger partial charge in [-0.25, -0.2) is 27.6 Å². The van der Waals surface area contributed by atoms with Crippen molar-refractivity contribution in [1.29, 1.82) is 0 Å². The van der Waals surface area contributed by atoms with Gasteiger partial charge in [-0.05, 0) is 48.6 Å². The molecule has 3 aliphatic rings. The molecule has 4 N–H and O–H groups in total. The van der Waals surface area contributed by atoms with Crippen molar-refractivity contribution in [3.05, 3.63) is 74.3 Å². The second kappa shape index (κ2) is 14.5. The first-order valence-electron chi connectivity index (χ1n) is 18.9. The van der Waals surface area contributed by atoms with E-state index in [2.05, 4.69) is 20.9 Å². The summed E-state index contributed by atoms with van der Waals surface area (Å²) in [6.07, 6.45) is 1.32. The van der Waals surface area contributed by atoms with E-state index in [-0.39, 0.29) is 70.9 Å². The number of rotatable bonds is 10. The van der Waals surface area contributed by atoms with Gasteiger partial charge in [0.15, 0.2) is 17.2 Å². The summed E-state index contributed by atoms with van der Waals surface area (Å²) in [4.78, 5) is 75.3. The molecular formula is C40H39FN6O10S2. The number of amides is 3. The third-order valence-corrected chi connectivity index (χ3v) is 13.7. The second-order valence-corrected chi connectivity index (χ2v) is 18.5. The van der Waals surface area contributed by atoms with Crippen molar-refractivity contribution in [3.8, 4) is 17.1 Å². The third kappa shape index (κ3) is 6.79. The van der Waals surface area contributed by atoms with Gasteiger partial charge in [0, 0.05) is 35.3 Å². The molecule has 3 amide bonds. The fourth-order valence-electron chi connectivity index (χ4n) is 7.82. The first-order valence-corrected chi connectivity index (χ1v) is 21.6. The van der Waals surface area contributed by atoms with Crippen molar-refractivity contribution in [1.82, 2.24) is 25.2 Å². The van der Waals surface area contributed by atoms with Crippen LogP contribution in [0.1, 0.15) is 61.9 Å². The van der Waals surface area contributed by atoms with Crippen molar-refractivity contribution >= 4 is 71.7 Å². The molecule has 0 fully saturated rings. The van der Waals surface area contributed by atoms with Gasteiger partial charge in [0.05, 0.1) is 52.3 Å². The van der Waals surface area contributed by atoms with Gasteiger partial charge in [0.25, 0.3) is 5.56 Å². The lowest BCUT2D eigenvalue weighted by atomic mass is 9.86. The molecule has 0 unspecified atom stereocenters. The van der Waals surface area contributed by atoms with Crippen molar-refractivity contribution in [2.45, 2.75) is 82.1 Å². The van der Waals surface area contributed by atoms with Crippen LogP contribution in [0.2, 0.25) is 0 Å². The van der Waals surface area contributed by atoms with E-state index < -0.39 is 62.6 Å². The van der Waals surface area contributed by atoms with Gasteiger partial charge in [0.2, 0.25) is 31.9 Å². The Morgan fingerprint density at radius 1 is 1.02 bits per heavy atom. The van der Waals surface area contributed by atoms with E-state index in [4.69, 9.17) is 14.5 Å². The number of nitrogens with one attached hydrogen (secondary N) is 3. The lowest BCUT2D eigenvalue weighted by molar-refractivity contribution is -0.172. The summed E-state index contributed by atoms with van der Waals surface area (Å²) in [6.45, 7) is 6.44. The number of carbonyl (C=O) groups excluding carboxylic acids is 4. The molecule has 5 aromatic rings. The first-order chi connectivity index (χ1) is 27.9. The van der Waals surface area contributed by atoms with Crippen LogP contribution < -0.4 is 26.2 Å². The molecule has 0 aliphatic carbocycles. The van der Waals surface area contributed by atoms with Crippen molar-refractivity contribution in [3.63, 3.8) is 0 Å². The maximum atomic E-state index is 16.0. The fourth-order valence-corrected chi connectivity index (χ4v) is 9.72. The van der Waals surface area contributed by atoms with Gasteiger partial charge < -0.3 is 35.1 Å². The van der Waals surface area contributed by atoms with E-state index >= 15 is 4.39 Å². The summed E-state index contributed by atoms with van der Waals surface area (Å²) in [5, 5.41) is 19.6. The zero-order valence-electron chi connectivity index (χ0n) is 32.5. The number of aromatic nitrogens is 3. The van der Waals surface area contributed by atoms with Crippen LogP contribution in [-0.2, 0) is 65.3 Å². The standard InChI is InChI=1S/C40H39FN6O10S2/c1-6-40(53)23-13-27-32-21(15-47(27)37(51)22(23)16-57-38(40)52)20-9-10-56-34-30(20)26(43-32)14-24(41)33(34)46-35(49)18(4)42-36(50)31(17(2)3)45-29(48)12-19-7-8-25-28(11-19)58-39(44-25)59(5,54)55/h7-8,11,13-14,17-18,31,53H,6,9-10,12,15-16H2,1-5H3,(H,42,50)(H,45,48)(H,46,49)/t18-,31-,40-/m0/s1. The van der Waals surface area contributed by atoms with Gasteiger partial charge in [-0.15, -0.1) is 11.3 Å². The van der Waals surface area contributed by atoms with Crippen LogP contribution in [0.5, 0.6) is 5.75 Å². The van der Waals surface area contributed by atoms with Crippen LogP contribution in [-0.4, -0.2) is 76.7 Å². The van der Waals surface area contributed by atoms with Crippen LogP contribution in [0.15, 0.2) is 39.5 Å². The molecule has 59 heavy (non-hydrogen) atoms. The summed E-state index contributed by atoms with van der Waals surface area (Å²) < 4.78 is 53.0. The Kier molecular flexibility index (Phi) is 9.83. The minimum Gasteiger partial charge on any atom is -0.490 e. The third-order valence-electron chi connectivity index (χ3n) is 11.0. The quantitative estimate of drug-likeness (QED) is 0.146. The van der Waals surface area contributed by atoms with E-state index in [1.807, 2.05) is 0 Å². The molecule has 0 radical (unpaired) electrons. The van der Waals surface area contributed by atoms with Gasteiger partial charge in [-0.3, -0.25) is 19.2 Å². The van der Waals surface area contributed by atoms with Crippen LogP contribution in [0.4, 0.5) is 10.1 Å². The van der Waals surface area contributed by atoms with Crippen LogP contribution in [0.25, 0.3) is 32.5 Å². The monoisotopic (exact) mass is 846 g/mol. The number of hydrogen-bond acceptors (Lipinski definition) is 13. The van der Waals surface area contributed by atoms with Gasteiger partial charge >= 0.3 is 5.97 Å². The highest BCUT2D eigenvalue weighted by Gasteiger charge is 2.46. The Balaban J connectivity index is 1.00. The molecule has 308 valence electrons. The number of anilines is 1. The highest BCUT2D eigenvalue weighted by molar-refractivity contribution is 7.92. The van der Waals surface area contributed by atoms with Crippen LogP contribution in [0.3, 0.4) is 0 Å². The lowest BCUT2D eigenvalue weighted by Crippen LogP contribution is -2.54. The predicted octanol–water partition coefficient (Wildman–Crippen LogP) is 2.99. The maximum Gasteiger partial charge on any atom is 0.343 e. The summed E-state index contributed by atoms with van der Waals surface area (Å²) in [5.41, 5.74) is 1.10. The maximum absolute atomic E-state index is 16.0. The number of pyridine rings is 2. The van der Waals surface area contributed by atoms with Crippen molar-refractivity contribution in [2.24, 2.45) is 5.92 Å². The summed E-state index contributed by atoms with van der Waals surface area (Å²) in [6, 6.07) is 5.46. The van der Waals surface area contributed by atoms with Gasteiger partial charge in [0.1, 0.15) is 24.4 Å². The SMILES string of the molecule is CC[C@@]1(O)C(=O)OCc2c1cc1n(c2=O)Cc2c-1nc1cc(F)c(NC(=O)[C@H](C)NC(=O)[C@@H](NC(=O)Cc3ccc4nc(S(C)(=O)=O)sc4c3)C(C)C)c3c1c2CCO3. The Morgan fingerprint density at radius 3 is 2.49 bits per heavy atom. The number of ether oxygens (including phenoxy) is 2. The molecule has 16 nitrogen and oxygen atoms in total. The van der Waals surface area contributed by atoms with Crippen molar-refractivity contribution < 1.29 is 46.6 Å². The number of esters is 1. The number of halogens is 1. The molecule has 19 heteroatoms. The molecule has 2 aromatic carbocycles. The van der Waals surface area contributed by atoms with E-state index in [0.29, 0.717) is 44.5 Å². The number of hydrogen-bond donors (Lipinski definition) is 4. The van der Waals surface area contributed by atoms with Crippen LogP contribution >= 0.6 is 11.3 Å². The number of carbonyl (C=O) groups is 4. The lowest BCUT2D eigenvalue weighted by Gasteiger charge is -2.31. The zero-order valence-corrected chi connectivity index (χ0v) is 34.2. The molecule has 3 aliphatic heterocycles. The molecule has 6 heterocycles. The highest BCUT2D eigenvalue weighted by Crippen LogP contribution is 2.46.